The van der Waals surface area contributed by atoms with Crippen molar-refractivity contribution < 1.29 is 4.52 Å². The van der Waals surface area contributed by atoms with E-state index in [2.05, 4.69) is 10.9 Å². The van der Waals surface area contributed by atoms with Crippen LogP contribution in [0.25, 0.3) is 0 Å². The third-order valence-electron chi connectivity index (χ3n) is 1.28. The Kier molecular flexibility index (Phi) is 3.52. The summed E-state index contributed by atoms with van der Waals surface area (Å²) in [6, 6.07) is 0. The van der Waals surface area contributed by atoms with Crippen molar-refractivity contribution in [3.63, 3.8) is 0 Å². The molecule has 0 fully saturated rings. The molecule has 1 aromatic rings. The molecule has 0 spiro atoms. The van der Waals surface area contributed by atoms with E-state index in [0.717, 1.165) is 5.69 Å². The Hall–Kier alpha value is -0.330. The van der Waals surface area contributed by atoms with Crippen molar-refractivity contribution in [2.24, 2.45) is 0 Å². The van der Waals surface area contributed by atoms with Crippen LogP contribution in [0.2, 0.25) is 0 Å². The monoisotopic (exact) mass is 234 g/mol. The van der Waals surface area contributed by atoms with E-state index in [1.54, 1.807) is 16.9 Å². The lowest BCUT2D eigenvalue weighted by atomic mass is 10.6. The van der Waals surface area contributed by atoms with Crippen LogP contribution in [0.5, 0.6) is 0 Å². The number of aromatic nitrogens is 2. The number of rotatable bonds is 3. The van der Waals surface area contributed by atoms with Crippen molar-refractivity contribution in [3.8, 4) is 12.3 Å². The van der Waals surface area contributed by atoms with Gasteiger partial charge in [-0.25, -0.2) is 4.98 Å². The molecule has 0 amide bonds. The SMILES string of the molecule is C#CCOP(=S)(Cl)n1cnc(C)c1. The highest BCUT2D eigenvalue weighted by atomic mass is 35.7. The molecule has 0 radical (unpaired) electrons. The molecule has 0 saturated heterocycles. The fourth-order valence-electron chi connectivity index (χ4n) is 0.723. The quantitative estimate of drug-likeness (QED) is 0.592. The van der Waals surface area contributed by atoms with Crippen molar-refractivity contribution in [3.05, 3.63) is 18.2 Å². The molecule has 0 aliphatic heterocycles. The van der Waals surface area contributed by atoms with E-state index >= 15 is 0 Å². The van der Waals surface area contributed by atoms with Gasteiger partial charge in [0.15, 0.2) is 0 Å². The summed E-state index contributed by atoms with van der Waals surface area (Å²) in [4.78, 5) is 4.00. The molecule has 0 N–H and O–H groups in total. The van der Waals surface area contributed by atoms with E-state index < -0.39 is 5.77 Å². The highest BCUT2D eigenvalue weighted by Gasteiger charge is 2.15. The minimum absolute atomic E-state index is 0.123. The average molecular weight is 235 g/mol. The molecule has 0 aromatic carbocycles. The van der Waals surface area contributed by atoms with E-state index in [1.165, 1.54) is 0 Å². The summed E-state index contributed by atoms with van der Waals surface area (Å²) < 4.78 is 6.75. The van der Waals surface area contributed by atoms with Gasteiger partial charge in [-0.05, 0) is 30.0 Å². The van der Waals surface area contributed by atoms with Gasteiger partial charge in [-0.2, -0.15) is 0 Å². The first-order valence-corrected chi connectivity index (χ1v) is 7.03. The third-order valence-corrected chi connectivity index (χ3v) is 4.20. The fraction of sp³-hybridized carbons (Fsp3) is 0.286. The van der Waals surface area contributed by atoms with Crippen LogP contribution >= 0.6 is 17.0 Å². The summed E-state index contributed by atoms with van der Waals surface area (Å²) in [7, 11) is 0. The van der Waals surface area contributed by atoms with Crippen LogP contribution in [0, 0.1) is 19.3 Å². The number of aryl methyl sites for hydroxylation is 1. The topological polar surface area (TPSA) is 27.1 Å². The van der Waals surface area contributed by atoms with Crippen molar-refractivity contribution in [2.45, 2.75) is 6.92 Å². The first kappa shape index (κ1) is 10.7. The van der Waals surface area contributed by atoms with Crippen molar-refractivity contribution in [1.82, 2.24) is 9.32 Å². The van der Waals surface area contributed by atoms with E-state index in [9.17, 15) is 0 Å². The van der Waals surface area contributed by atoms with E-state index in [-0.39, 0.29) is 6.61 Å². The standard InChI is InChI=1S/C7H8ClN2OPS/c1-3-4-11-12(8,13)10-5-7(2)9-6-10/h1,5-6H,4H2,2H3. The van der Waals surface area contributed by atoms with Crippen LogP contribution in [-0.2, 0) is 16.3 Å². The molecule has 3 nitrogen and oxygen atoms in total. The van der Waals surface area contributed by atoms with E-state index in [0.29, 0.717) is 0 Å². The fourth-order valence-corrected chi connectivity index (χ4v) is 2.39. The number of nitrogens with zero attached hydrogens (tertiary/aromatic N) is 2. The zero-order valence-electron chi connectivity index (χ0n) is 6.98. The molecule has 1 atom stereocenters. The number of hydrogen-bond donors (Lipinski definition) is 0. The summed E-state index contributed by atoms with van der Waals surface area (Å²) in [5, 5.41) is 0. The molecule has 13 heavy (non-hydrogen) atoms. The van der Waals surface area contributed by atoms with Gasteiger partial charge in [0, 0.05) is 6.20 Å². The Balaban J connectivity index is 2.82. The van der Waals surface area contributed by atoms with Gasteiger partial charge >= 0.3 is 0 Å². The maximum absolute atomic E-state index is 5.98. The lowest BCUT2D eigenvalue weighted by Crippen LogP contribution is -1.93. The van der Waals surface area contributed by atoms with Crippen LogP contribution < -0.4 is 0 Å². The highest BCUT2D eigenvalue weighted by Crippen LogP contribution is 2.53. The number of hydrogen-bond acceptors (Lipinski definition) is 3. The van der Waals surface area contributed by atoms with Crippen LogP contribution in [0.4, 0.5) is 0 Å². The van der Waals surface area contributed by atoms with Crippen LogP contribution in [-0.4, -0.2) is 15.9 Å². The summed E-state index contributed by atoms with van der Waals surface area (Å²) in [6.45, 7) is 1.97. The number of halogens is 1. The predicted molar refractivity (Wildman–Crippen MR) is 57.3 cm³/mol. The van der Waals surface area contributed by atoms with E-state index in [4.69, 9.17) is 34.0 Å². The maximum Gasteiger partial charge on any atom is 0.252 e. The minimum atomic E-state index is -2.52. The van der Waals surface area contributed by atoms with Gasteiger partial charge in [0.25, 0.3) is 5.77 Å². The van der Waals surface area contributed by atoms with Gasteiger partial charge in [0.1, 0.15) is 12.9 Å². The molecule has 1 unspecified atom stereocenters. The summed E-state index contributed by atoms with van der Waals surface area (Å²) in [6.07, 6.45) is 8.33. The molecule has 0 aliphatic rings. The van der Waals surface area contributed by atoms with Crippen molar-refractivity contribution in [1.29, 1.82) is 0 Å². The molecular weight excluding hydrogens is 227 g/mol. The second-order valence-corrected chi connectivity index (χ2v) is 7.41. The summed E-state index contributed by atoms with van der Waals surface area (Å²) >= 11 is 11.1. The highest BCUT2D eigenvalue weighted by molar-refractivity contribution is 8.23. The lowest BCUT2D eigenvalue weighted by Gasteiger charge is -2.13. The molecule has 70 valence electrons. The zero-order valence-corrected chi connectivity index (χ0v) is 9.44. The summed E-state index contributed by atoms with van der Waals surface area (Å²) in [5.41, 5.74) is 0.846. The first-order chi connectivity index (χ1) is 6.06. The molecule has 1 rings (SSSR count). The van der Waals surface area contributed by atoms with E-state index in [1.807, 2.05) is 6.92 Å². The Morgan fingerprint density at radius 2 is 2.62 bits per heavy atom. The Morgan fingerprint density at radius 1 is 1.92 bits per heavy atom. The van der Waals surface area contributed by atoms with Crippen LogP contribution in [0.3, 0.4) is 0 Å². The van der Waals surface area contributed by atoms with Crippen LogP contribution in [0.1, 0.15) is 5.69 Å². The molecule has 0 bridgehead atoms. The average Bonchev–Trinajstić information content (AvgIpc) is 2.49. The van der Waals surface area contributed by atoms with Gasteiger partial charge in [-0.1, -0.05) is 5.92 Å². The first-order valence-electron chi connectivity index (χ1n) is 3.45. The molecule has 1 aromatic heterocycles. The van der Waals surface area contributed by atoms with Crippen molar-refractivity contribution >= 4 is 28.8 Å². The Bertz CT molecular complexity index is 384. The second kappa shape index (κ2) is 4.26. The van der Waals surface area contributed by atoms with Gasteiger partial charge in [-0.15, -0.1) is 6.42 Å². The molecule has 0 aliphatic carbocycles. The van der Waals surface area contributed by atoms with Gasteiger partial charge < -0.3 is 4.52 Å². The predicted octanol–water partition coefficient (Wildman–Crippen LogP) is 2.15. The number of terminal acetylenes is 1. The van der Waals surface area contributed by atoms with Gasteiger partial charge in [0.2, 0.25) is 0 Å². The van der Waals surface area contributed by atoms with Gasteiger partial charge in [0.05, 0.1) is 5.69 Å². The second-order valence-electron chi connectivity index (χ2n) is 2.32. The molecular formula is C7H8ClN2OPS. The number of imidazole rings is 1. The molecule has 0 saturated carbocycles. The van der Waals surface area contributed by atoms with Crippen molar-refractivity contribution in [2.75, 3.05) is 6.61 Å². The summed E-state index contributed by atoms with van der Waals surface area (Å²) in [5.74, 6) is -0.202. The minimum Gasteiger partial charge on any atom is -0.309 e. The smallest absolute Gasteiger partial charge is 0.252 e. The molecule has 1 heterocycles. The zero-order chi connectivity index (χ0) is 9.90. The lowest BCUT2D eigenvalue weighted by molar-refractivity contribution is 0.414. The normalized spacial score (nSPS) is 14.8. The maximum atomic E-state index is 5.98. The third kappa shape index (κ3) is 2.82. The van der Waals surface area contributed by atoms with Gasteiger partial charge in [-0.3, -0.25) is 4.34 Å². The Labute approximate surface area is 87.0 Å². The molecule has 6 heteroatoms. The van der Waals surface area contributed by atoms with Crippen LogP contribution in [0.15, 0.2) is 12.5 Å². The largest absolute Gasteiger partial charge is 0.309 e. The Morgan fingerprint density at radius 3 is 3.08 bits per heavy atom.